The van der Waals surface area contributed by atoms with Crippen molar-refractivity contribution < 1.29 is 34.3 Å². The van der Waals surface area contributed by atoms with Crippen molar-refractivity contribution in [3.05, 3.63) is 0 Å². The van der Waals surface area contributed by atoms with Crippen LogP contribution in [0.25, 0.3) is 0 Å². The van der Waals surface area contributed by atoms with Crippen molar-refractivity contribution in [2.45, 2.75) is 0 Å². The molecule has 0 spiro atoms. The minimum atomic E-state index is -4.64. The van der Waals surface area contributed by atoms with Crippen molar-refractivity contribution in [3.63, 3.8) is 0 Å². The molecule has 0 radical (unpaired) electrons. The summed E-state index contributed by atoms with van der Waals surface area (Å²) in [6.45, 7) is 0. The molecular formula is H7BLiO7P. The van der Waals surface area contributed by atoms with Crippen LogP contribution in [0.5, 0.6) is 0 Å². The first-order valence-electron chi connectivity index (χ1n) is 1.56. The van der Waals surface area contributed by atoms with E-state index in [-0.39, 0.29) is 18.9 Å². The van der Waals surface area contributed by atoms with Crippen molar-refractivity contribution in [2.24, 2.45) is 0 Å². The Labute approximate surface area is 68.9 Å². The van der Waals surface area contributed by atoms with E-state index in [1.165, 1.54) is 0 Å². The van der Waals surface area contributed by atoms with Crippen LogP contribution >= 0.6 is 7.82 Å². The van der Waals surface area contributed by atoms with E-state index >= 15 is 0 Å². The first-order valence-corrected chi connectivity index (χ1v) is 3.12. The first-order chi connectivity index (χ1) is 3.73. The quantitative estimate of drug-likeness (QED) is 0.162. The van der Waals surface area contributed by atoms with Crippen LogP contribution < -0.4 is 0 Å². The number of phosphoric acid groups is 1. The summed E-state index contributed by atoms with van der Waals surface area (Å²) in [6, 6.07) is 0. The average Bonchev–Trinajstić information content (AvgIpc) is 1.19. The zero-order valence-corrected chi connectivity index (χ0v) is 5.01. The molecule has 0 aromatic heterocycles. The number of hydrogen-bond acceptors (Lipinski definition) is 4. The molecule has 6 N–H and O–H groups in total. The van der Waals surface area contributed by atoms with Gasteiger partial charge in [-0.25, -0.2) is 4.57 Å². The summed E-state index contributed by atoms with van der Waals surface area (Å²) in [5.41, 5.74) is 0. The van der Waals surface area contributed by atoms with Gasteiger partial charge in [-0.05, 0) is 0 Å². The van der Waals surface area contributed by atoms with Crippen LogP contribution in [0.4, 0.5) is 0 Å². The second-order valence-corrected chi connectivity index (χ2v) is 1.89. The van der Waals surface area contributed by atoms with Gasteiger partial charge in [0.25, 0.3) is 0 Å². The van der Waals surface area contributed by atoms with Gasteiger partial charge < -0.3 is 29.8 Å². The molecule has 58 valence electrons. The molecular weight excluding hydrogens is 161 g/mol. The van der Waals surface area contributed by atoms with Gasteiger partial charge >= 0.3 is 34.0 Å². The van der Waals surface area contributed by atoms with E-state index in [1.807, 2.05) is 0 Å². The molecule has 0 saturated heterocycles. The van der Waals surface area contributed by atoms with Gasteiger partial charge in [-0.15, -0.1) is 0 Å². The van der Waals surface area contributed by atoms with Gasteiger partial charge in [-0.3, -0.25) is 0 Å². The maximum absolute atomic E-state index is 8.88. The normalized spacial score (nSPS) is 8.60. The molecule has 0 aliphatic rings. The average molecular weight is 168 g/mol. The fraction of sp³-hybridized carbons (Fsp3) is 0. The van der Waals surface area contributed by atoms with Gasteiger partial charge in [-0.2, -0.15) is 0 Å². The van der Waals surface area contributed by atoms with E-state index in [2.05, 4.69) is 0 Å². The van der Waals surface area contributed by atoms with Crippen LogP contribution in [0.2, 0.25) is 0 Å². The summed E-state index contributed by atoms with van der Waals surface area (Å²) in [7, 11) is -6.81. The van der Waals surface area contributed by atoms with E-state index in [0.717, 1.165) is 0 Å². The summed E-state index contributed by atoms with van der Waals surface area (Å²) in [5.74, 6) is 0. The Morgan fingerprint density at radius 2 is 1.00 bits per heavy atom. The molecule has 0 fully saturated rings. The molecule has 0 aliphatic carbocycles. The third-order valence-electron chi connectivity index (χ3n) is 0. The van der Waals surface area contributed by atoms with Crippen LogP contribution in [0, 0.1) is 0 Å². The van der Waals surface area contributed by atoms with Crippen molar-refractivity contribution in [1.82, 2.24) is 0 Å². The predicted octanol–water partition coefficient (Wildman–Crippen LogP) is -3.63. The van der Waals surface area contributed by atoms with E-state index in [9.17, 15) is 0 Å². The molecule has 10 heavy (non-hydrogen) atoms. The second-order valence-electron chi connectivity index (χ2n) is 0.860. The number of hydrogen-bond donors (Lipinski definition) is 6. The van der Waals surface area contributed by atoms with Gasteiger partial charge in [0.05, 0.1) is 0 Å². The Morgan fingerprint density at radius 1 is 1.00 bits per heavy atom. The minimum absolute atomic E-state index is 0. The summed E-state index contributed by atoms with van der Waals surface area (Å²) in [4.78, 5) is 21.6. The van der Waals surface area contributed by atoms with Crippen LogP contribution in [-0.4, -0.2) is 55.9 Å². The molecule has 0 unspecified atom stereocenters. The molecule has 0 rings (SSSR count). The Hall–Kier alpha value is 0.652. The third kappa shape index (κ3) is 1190. The first kappa shape index (κ1) is 16.9. The van der Waals surface area contributed by atoms with Crippen LogP contribution in [0.1, 0.15) is 0 Å². The van der Waals surface area contributed by atoms with E-state index < -0.39 is 15.1 Å². The fourth-order valence-corrected chi connectivity index (χ4v) is 0. The van der Waals surface area contributed by atoms with Gasteiger partial charge in [-0.1, -0.05) is 0 Å². The van der Waals surface area contributed by atoms with E-state index in [0.29, 0.717) is 0 Å². The summed E-state index contributed by atoms with van der Waals surface area (Å²) in [5, 5.41) is 21.5. The monoisotopic (exact) mass is 168 g/mol. The summed E-state index contributed by atoms with van der Waals surface area (Å²) in [6.07, 6.45) is 0. The van der Waals surface area contributed by atoms with Gasteiger partial charge in [0.2, 0.25) is 0 Å². The molecule has 7 nitrogen and oxygen atoms in total. The molecule has 0 amide bonds. The van der Waals surface area contributed by atoms with Crippen molar-refractivity contribution >= 4 is 34.0 Å². The van der Waals surface area contributed by atoms with E-state index in [1.54, 1.807) is 0 Å². The molecule has 0 saturated carbocycles. The molecule has 10 heteroatoms. The van der Waals surface area contributed by atoms with Crippen LogP contribution in [0.3, 0.4) is 0 Å². The molecule has 0 bridgehead atoms. The van der Waals surface area contributed by atoms with Crippen molar-refractivity contribution in [2.75, 3.05) is 0 Å². The maximum atomic E-state index is 8.88. The molecule has 0 aliphatic heterocycles. The van der Waals surface area contributed by atoms with Crippen molar-refractivity contribution in [3.8, 4) is 0 Å². The van der Waals surface area contributed by atoms with Gasteiger partial charge in [0.15, 0.2) is 0 Å². The molecule has 0 aromatic rings. The van der Waals surface area contributed by atoms with E-state index in [4.69, 9.17) is 34.3 Å². The Bertz CT molecular complexity index is 84.8. The van der Waals surface area contributed by atoms with Crippen molar-refractivity contribution in [1.29, 1.82) is 0 Å². The Kier molecular flexibility index (Phi) is 13.1. The third-order valence-corrected chi connectivity index (χ3v) is 0. The second kappa shape index (κ2) is 7.76. The zero-order chi connectivity index (χ0) is 8.08. The molecule has 0 atom stereocenters. The summed E-state index contributed by atoms with van der Waals surface area (Å²) < 4.78 is 8.88. The fourth-order valence-electron chi connectivity index (χ4n) is 0. The SMILES string of the molecule is O=P(O)(O)O.OB(O)O.[LiH]. The topological polar surface area (TPSA) is 138 Å². The Morgan fingerprint density at radius 3 is 1.00 bits per heavy atom. The Balaban J connectivity index is -0.0000000910. The molecule has 0 heterocycles. The van der Waals surface area contributed by atoms with Crippen LogP contribution in [0.15, 0.2) is 0 Å². The predicted molar refractivity (Wildman–Crippen MR) is 33.8 cm³/mol. The van der Waals surface area contributed by atoms with Crippen LogP contribution in [-0.2, 0) is 4.57 Å². The zero-order valence-electron chi connectivity index (χ0n) is 4.12. The van der Waals surface area contributed by atoms with Gasteiger partial charge in [0, 0.05) is 0 Å². The molecule has 0 aromatic carbocycles. The van der Waals surface area contributed by atoms with Gasteiger partial charge in [0.1, 0.15) is 0 Å². The summed E-state index contributed by atoms with van der Waals surface area (Å²) >= 11 is 0. The number of rotatable bonds is 0. The standard InChI is InChI=1S/BH3O3.Li.H3O4P.H/c2-1(3)4;;1-5(2,3)4;/h2-4H;;(H3,1,2,3,4);.